The number of nitrogens with one attached hydrogen (secondary N) is 2. The first-order valence-electron chi connectivity index (χ1n) is 7.23. The fraction of sp³-hybridized carbons (Fsp3) is 0.500. The van der Waals surface area contributed by atoms with E-state index in [1.807, 2.05) is 4.90 Å². The van der Waals surface area contributed by atoms with Crippen molar-refractivity contribution in [2.24, 2.45) is 0 Å². The molecule has 0 aromatic carbocycles. The van der Waals surface area contributed by atoms with E-state index >= 15 is 0 Å². The van der Waals surface area contributed by atoms with Crippen LogP contribution in [0.2, 0.25) is 0 Å². The van der Waals surface area contributed by atoms with Gasteiger partial charge in [0.15, 0.2) is 0 Å². The van der Waals surface area contributed by atoms with Gasteiger partial charge in [0.2, 0.25) is 5.91 Å². The van der Waals surface area contributed by atoms with Crippen molar-refractivity contribution in [3.8, 4) is 0 Å². The number of thiophene rings is 1. The Balaban J connectivity index is 1.69. The largest absolute Gasteiger partial charge is 0.360 e. The van der Waals surface area contributed by atoms with Crippen molar-refractivity contribution >= 4 is 33.3 Å². The lowest BCUT2D eigenvalue weighted by molar-refractivity contribution is -0.129. The van der Waals surface area contributed by atoms with E-state index in [-0.39, 0.29) is 12.5 Å². The van der Waals surface area contributed by atoms with Crippen molar-refractivity contribution in [2.45, 2.75) is 13.3 Å². The van der Waals surface area contributed by atoms with Gasteiger partial charge in [0.05, 0.1) is 11.9 Å². The summed E-state index contributed by atoms with van der Waals surface area (Å²) in [6, 6.07) is 2.11. The zero-order chi connectivity index (χ0) is 14.7. The summed E-state index contributed by atoms with van der Waals surface area (Å²) in [7, 11) is 0. The van der Waals surface area contributed by atoms with E-state index in [0.29, 0.717) is 0 Å². The molecule has 0 radical (unpaired) electrons. The molecule has 3 rings (SSSR count). The molecular weight excluding hydrogens is 286 g/mol. The second-order valence-corrected chi connectivity index (χ2v) is 6.11. The first kappa shape index (κ1) is 14.2. The third kappa shape index (κ3) is 3.14. The van der Waals surface area contributed by atoms with Gasteiger partial charge in [0.25, 0.3) is 0 Å². The minimum Gasteiger partial charge on any atom is -0.360 e. The van der Waals surface area contributed by atoms with E-state index in [1.54, 1.807) is 17.7 Å². The smallest absolute Gasteiger partial charge is 0.242 e. The Labute approximate surface area is 127 Å². The number of aryl methyl sites for hydroxylation is 1. The molecule has 112 valence electrons. The van der Waals surface area contributed by atoms with Gasteiger partial charge in [0.1, 0.15) is 17.0 Å². The highest BCUT2D eigenvalue weighted by Crippen LogP contribution is 2.28. The number of carbonyl (C=O) groups is 1. The lowest BCUT2D eigenvalue weighted by Crippen LogP contribution is -2.48. The van der Waals surface area contributed by atoms with E-state index in [0.717, 1.165) is 48.6 Å². The maximum Gasteiger partial charge on any atom is 0.242 e. The van der Waals surface area contributed by atoms with Crippen LogP contribution in [0.3, 0.4) is 0 Å². The maximum absolute atomic E-state index is 12.2. The van der Waals surface area contributed by atoms with Crippen LogP contribution in [-0.4, -0.2) is 53.5 Å². The summed E-state index contributed by atoms with van der Waals surface area (Å²) < 4.78 is 0. The van der Waals surface area contributed by atoms with Crippen LogP contribution in [0.25, 0.3) is 10.2 Å². The van der Waals surface area contributed by atoms with E-state index in [9.17, 15) is 4.79 Å². The van der Waals surface area contributed by atoms with Crippen LogP contribution in [0.4, 0.5) is 5.82 Å². The number of piperazine rings is 1. The van der Waals surface area contributed by atoms with Gasteiger partial charge in [0, 0.05) is 31.1 Å². The highest BCUT2D eigenvalue weighted by molar-refractivity contribution is 7.18. The lowest BCUT2D eigenvalue weighted by atomic mass is 10.3. The number of carbonyl (C=O) groups excluding carboxylic acids is 1. The molecule has 2 aromatic heterocycles. The molecule has 1 aliphatic rings. The second kappa shape index (κ2) is 6.36. The minimum atomic E-state index is 0.120. The molecule has 2 aromatic rings. The van der Waals surface area contributed by atoms with Crippen molar-refractivity contribution in [3.05, 3.63) is 17.3 Å². The van der Waals surface area contributed by atoms with E-state index in [1.165, 1.54) is 4.88 Å². The normalized spacial score (nSPS) is 15.4. The summed E-state index contributed by atoms with van der Waals surface area (Å²) in [5.74, 6) is 0.869. The van der Waals surface area contributed by atoms with Gasteiger partial charge in [-0.05, 0) is 12.5 Å². The number of hydrogen-bond donors (Lipinski definition) is 2. The number of hydrogen-bond acceptors (Lipinski definition) is 6. The maximum atomic E-state index is 12.2. The molecule has 1 aliphatic heterocycles. The average molecular weight is 305 g/mol. The van der Waals surface area contributed by atoms with Crippen LogP contribution in [0, 0.1) is 0 Å². The molecule has 0 atom stereocenters. The van der Waals surface area contributed by atoms with Gasteiger partial charge >= 0.3 is 0 Å². The van der Waals surface area contributed by atoms with E-state index < -0.39 is 0 Å². The first-order chi connectivity index (χ1) is 10.3. The Hall–Kier alpha value is -1.73. The molecular formula is C14H19N5OS. The molecule has 0 spiro atoms. The molecule has 6 nitrogen and oxygen atoms in total. The molecule has 0 aliphatic carbocycles. The summed E-state index contributed by atoms with van der Waals surface area (Å²) in [6.07, 6.45) is 2.54. The predicted octanol–water partition coefficient (Wildman–Crippen LogP) is 1.10. The summed E-state index contributed by atoms with van der Waals surface area (Å²) in [5, 5.41) is 7.42. The monoisotopic (exact) mass is 305 g/mol. The van der Waals surface area contributed by atoms with Gasteiger partial charge in [-0.15, -0.1) is 11.3 Å². The molecule has 1 saturated heterocycles. The molecule has 21 heavy (non-hydrogen) atoms. The van der Waals surface area contributed by atoms with Crippen molar-refractivity contribution < 1.29 is 4.79 Å². The van der Waals surface area contributed by atoms with Gasteiger partial charge in [-0.25, -0.2) is 9.97 Å². The van der Waals surface area contributed by atoms with Gasteiger partial charge in [-0.3, -0.25) is 4.79 Å². The zero-order valence-corrected chi connectivity index (χ0v) is 12.9. The Kier molecular flexibility index (Phi) is 4.31. The van der Waals surface area contributed by atoms with Crippen molar-refractivity contribution in [1.29, 1.82) is 0 Å². The molecule has 3 heterocycles. The Morgan fingerprint density at radius 1 is 1.43 bits per heavy atom. The summed E-state index contributed by atoms with van der Waals surface area (Å²) >= 11 is 1.68. The highest BCUT2D eigenvalue weighted by atomic mass is 32.1. The van der Waals surface area contributed by atoms with Crippen molar-refractivity contribution in [1.82, 2.24) is 20.2 Å². The molecule has 1 amide bonds. The van der Waals surface area contributed by atoms with Gasteiger partial charge < -0.3 is 15.5 Å². The number of anilines is 1. The van der Waals surface area contributed by atoms with Crippen LogP contribution < -0.4 is 10.6 Å². The standard InChI is InChI=1S/C14H19N5OS/c1-2-10-7-11-13(17-9-18-14(11)21-10)16-8-12(20)19-5-3-15-4-6-19/h7,9,15H,2-6,8H2,1H3,(H,16,17,18). The Morgan fingerprint density at radius 2 is 2.24 bits per heavy atom. The molecule has 7 heteroatoms. The van der Waals surface area contributed by atoms with E-state index in [4.69, 9.17) is 0 Å². The van der Waals surface area contributed by atoms with Gasteiger partial charge in [-0.2, -0.15) is 0 Å². The van der Waals surface area contributed by atoms with Crippen molar-refractivity contribution in [2.75, 3.05) is 38.0 Å². The van der Waals surface area contributed by atoms with E-state index in [2.05, 4.69) is 33.6 Å². The number of amides is 1. The third-order valence-electron chi connectivity index (χ3n) is 3.61. The summed E-state index contributed by atoms with van der Waals surface area (Å²) in [4.78, 5) is 24.9. The quantitative estimate of drug-likeness (QED) is 0.885. The Morgan fingerprint density at radius 3 is 3.00 bits per heavy atom. The topological polar surface area (TPSA) is 70.2 Å². The predicted molar refractivity (Wildman–Crippen MR) is 84.7 cm³/mol. The second-order valence-electron chi connectivity index (χ2n) is 4.99. The highest BCUT2D eigenvalue weighted by Gasteiger charge is 2.16. The van der Waals surface area contributed by atoms with Crippen LogP contribution in [0.1, 0.15) is 11.8 Å². The molecule has 2 N–H and O–H groups in total. The van der Waals surface area contributed by atoms with Crippen LogP contribution in [0.5, 0.6) is 0 Å². The lowest BCUT2D eigenvalue weighted by Gasteiger charge is -2.27. The van der Waals surface area contributed by atoms with Crippen LogP contribution >= 0.6 is 11.3 Å². The number of nitrogens with zero attached hydrogens (tertiary/aromatic N) is 3. The molecule has 0 unspecified atom stereocenters. The van der Waals surface area contributed by atoms with Crippen LogP contribution in [0.15, 0.2) is 12.4 Å². The average Bonchev–Trinajstić information content (AvgIpc) is 2.97. The fourth-order valence-corrected chi connectivity index (χ4v) is 3.34. The summed E-state index contributed by atoms with van der Waals surface area (Å²) in [6.45, 7) is 5.70. The zero-order valence-electron chi connectivity index (χ0n) is 12.1. The third-order valence-corrected chi connectivity index (χ3v) is 4.79. The molecule has 0 saturated carbocycles. The fourth-order valence-electron chi connectivity index (χ4n) is 2.41. The Bertz CT molecular complexity index is 635. The number of fused-ring (bicyclic) bond motifs is 1. The SMILES string of the molecule is CCc1cc2c(NCC(=O)N3CCNCC3)ncnc2s1. The molecule has 0 bridgehead atoms. The van der Waals surface area contributed by atoms with Crippen LogP contribution in [-0.2, 0) is 11.2 Å². The van der Waals surface area contributed by atoms with Gasteiger partial charge in [-0.1, -0.05) is 6.92 Å². The summed E-state index contributed by atoms with van der Waals surface area (Å²) in [5.41, 5.74) is 0. The first-order valence-corrected chi connectivity index (χ1v) is 8.05. The number of aromatic nitrogens is 2. The molecule has 1 fully saturated rings. The minimum absolute atomic E-state index is 0.120. The van der Waals surface area contributed by atoms with Crippen molar-refractivity contribution in [3.63, 3.8) is 0 Å². The number of rotatable bonds is 4.